The van der Waals surface area contributed by atoms with Crippen molar-refractivity contribution in [1.82, 2.24) is 4.90 Å². The van der Waals surface area contributed by atoms with Gasteiger partial charge in [-0.25, -0.2) is 0 Å². The number of nitrogens with zero attached hydrogens (tertiary/aromatic N) is 1. The summed E-state index contributed by atoms with van der Waals surface area (Å²) in [5, 5.41) is 0. The molecule has 2 N–H and O–H groups in total. The zero-order valence-corrected chi connectivity index (χ0v) is 10.9. The van der Waals surface area contributed by atoms with Crippen LogP contribution in [0.4, 0.5) is 0 Å². The predicted octanol–water partition coefficient (Wildman–Crippen LogP) is 0.525. The number of hydrogen-bond acceptors (Lipinski definition) is 4. The van der Waals surface area contributed by atoms with E-state index in [1.807, 2.05) is 0 Å². The monoisotopic (exact) mass is 242 g/mol. The molecule has 98 valence electrons. The smallest absolute Gasteiger partial charge is 0.305 e. The van der Waals surface area contributed by atoms with Crippen LogP contribution in [0.2, 0.25) is 0 Å². The molecule has 1 aliphatic rings. The van der Waals surface area contributed by atoms with Crippen molar-refractivity contribution in [3.05, 3.63) is 0 Å². The number of carbonyl (C=O) groups is 2. The molecule has 1 fully saturated rings. The van der Waals surface area contributed by atoms with Gasteiger partial charge in [-0.15, -0.1) is 0 Å². The third kappa shape index (κ3) is 3.70. The average Bonchev–Trinajstić information content (AvgIpc) is 3.11. The second kappa shape index (κ2) is 5.49. The Morgan fingerprint density at radius 2 is 2.06 bits per heavy atom. The summed E-state index contributed by atoms with van der Waals surface area (Å²) in [4.78, 5) is 24.6. The second-order valence-corrected chi connectivity index (χ2v) is 4.96. The Morgan fingerprint density at radius 3 is 2.53 bits per heavy atom. The van der Waals surface area contributed by atoms with Gasteiger partial charge < -0.3 is 15.4 Å². The Hall–Kier alpha value is -1.10. The van der Waals surface area contributed by atoms with Crippen LogP contribution in [0, 0.1) is 5.92 Å². The maximum absolute atomic E-state index is 12.1. The number of methoxy groups -OCH3 is 1. The van der Waals surface area contributed by atoms with E-state index >= 15 is 0 Å². The third-order valence-electron chi connectivity index (χ3n) is 3.34. The van der Waals surface area contributed by atoms with E-state index in [-0.39, 0.29) is 11.9 Å². The Labute approximate surface area is 102 Å². The fourth-order valence-corrected chi connectivity index (χ4v) is 1.93. The minimum absolute atomic E-state index is 0.0372. The summed E-state index contributed by atoms with van der Waals surface area (Å²) in [5.41, 5.74) is 5.29. The van der Waals surface area contributed by atoms with Crippen LogP contribution in [-0.2, 0) is 14.3 Å². The summed E-state index contributed by atoms with van der Waals surface area (Å²) < 4.78 is 4.54. The van der Waals surface area contributed by atoms with Gasteiger partial charge in [0.1, 0.15) is 0 Å². The molecule has 1 saturated carbocycles. The maximum atomic E-state index is 12.1. The number of hydrogen-bond donors (Lipinski definition) is 1. The van der Waals surface area contributed by atoms with Crippen molar-refractivity contribution in [3.8, 4) is 0 Å². The normalized spacial score (nSPS) is 18.4. The lowest BCUT2D eigenvalue weighted by Crippen LogP contribution is -2.54. The van der Waals surface area contributed by atoms with Crippen LogP contribution in [0.3, 0.4) is 0 Å². The summed E-state index contributed by atoms with van der Waals surface area (Å²) in [6.45, 7) is 2.33. The summed E-state index contributed by atoms with van der Waals surface area (Å²) >= 11 is 0. The number of rotatable bonds is 6. The predicted molar refractivity (Wildman–Crippen MR) is 64.2 cm³/mol. The lowest BCUT2D eigenvalue weighted by Gasteiger charge is -2.29. The highest BCUT2D eigenvalue weighted by molar-refractivity contribution is 5.86. The van der Waals surface area contributed by atoms with Crippen LogP contribution < -0.4 is 5.73 Å². The largest absolute Gasteiger partial charge is 0.469 e. The number of likely N-dealkylation sites (N-methyl/N-ethyl adjacent to an activating group) is 1. The number of ether oxygens (including phenoxy) is 1. The van der Waals surface area contributed by atoms with E-state index in [1.165, 1.54) is 7.11 Å². The molecule has 0 aromatic carbocycles. The first-order valence-corrected chi connectivity index (χ1v) is 6.01. The van der Waals surface area contributed by atoms with E-state index in [0.717, 1.165) is 12.8 Å². The van der Waals surface area contributed by atoms with Gasteiger partial charge in [-0.3, -0.25) is 9.59 Å². The van der Waals surface area contributed by atoms with E-state index in [4.69, 9.17) is 5.73 Å². The van der Waals surface area contributed by atoms with Crippen molar-refractivity contribution < 1.29 is 14.3 Å². The molecule has 0 heterocycles. The molecular formula is C12H22N2O3. The zero-order chi connectivity index (χ0) is 13.1. The van der Waals surface area contributed by atoms with Crippen LogP contribution in [0.15, 0.2) is 0 Å². The lowest BCUT2D eigenvalue weighted by molar-refractivity contribution is -0.141. The highest BCUT2D eigenvalue weighted by Crippen LogP contribution is 2.38. The topological polar surface area (TPSA) is 72.6 Å². The minimum atomic E-state index is -0.750. The van der Waals surface area contributed by atoms with Gasteiger partial charge in [0, 0.05) is 20.0 Å². The molecule has 1 unspecified atom stereocenters. The Morgan fingerprint density at radius 1 is 1.47 bits per heavy atom. The Kier molecular flexibility index (Phi) is 4.51. The molecule has 0 aliphatic heterocycles. The van der Waals surface area contributed by atoms with Crippen LogP contribution in [0.5, 0.6) is 0 Å². The molecule has 1 amide bonds. The number of nitrogens with two attached hydrogens (primary N) is 1. The Balaban J connectivity index is 2.34. The van der Waals surface area contributed by atoms with Crippen molar-refractivity contribution in [2.24, 2.45) is 11.7 Å². The summed E-state index contributed by atoms with van der Waals surface area (Å²) in [6.07, 6.45) is 3.01. The number of esters is 1. The van der Waals surface area contributed by atoms with Gasteiger partial charge in [0.2, 0.25) is 5.91 Å². The quantitative estimate of drug-likeness (QED) is 0.689. The van der Waals surface area contributed by atoms with Crippen molar-refractivity contribution in [2.75, 3.05) is 20.7 Å². The molecule has 5 nitrogen and oxygen atoms in total. The molecule has 1 atom stereocenters. The van der Waals surface area contributed by atoms with Crippen LogP contribution in [-0.4, -0.2) is 43.0 Å². The first-order chi connectivity index (χ1) is 7.89. The fourth-order valence-electron chi connectivity index (χ4n) is 1.93. The van der Waals surface area contributed by atoms with Gasteiger partial charge in [0.05, 0.1) is 12.6 Å². The zero-order valence-electron chi connectivity index (χ0n) is 10.9. The molecule has 1 aliphatic carbocycles. The van der Waals surface area contributed by atoms with Gasteiger partial charge in [-0.1, -0.05) is 0 Å². The average molecular weight is 242 g/mol. The van der Waals surface area contributed by atoms with E-state index in [1.54, 1.807) is 18.9 Å². The van der Waals surface area contributed by atoms with Crippen molar-refractivity contribution >= 4 is 11.9 Å². The fraction of sp³-hybridized carbons (Fsp3) is 0.833. The minimum Gasteiger partial charge on any atom is -0.469 e. The summed E-state index contributed by atoms with van der Waals surface area (Å²) in [5.74, 6) is 0.0338. The third-order valence-corrected chi connectivity index (χ3v) is 3.34. The molecule has 1 rings (SSSR count). The molecule has 0 saturated heterocycles. The second-order valence-electron chi connectivity index (χ2n) is 4.96. The van der Waals surface area contributed by atoms with Crippen LogP contribution in [0.1, 0.15) is 32.6 Å². The van der Waals surface area contributed by atoms with Crippen molar-refractivity contribution in [1.29, 1.82) is 0 Å². The number of carbonyl (C=O) groups excluding carboxylic acids is 2. The van der Waals surface area contributed by atoms with Crippen LogP contribution >= 0.6 is 0 Å². The van der Waals surface area contributed by atoms with Crippen LogP contribution in [0.25, 0.3) is 0 Å². The molecule has 0 bridgehead atoms. The molecule has 0 aromatic rings. The standard InChI is InChI=1S/C12H22N2O3/c1-12(13,9-6-7-9)11(16)14(2)8-4-5-10(15)17-3/h9H,4-8,13H2,1-3H3. The maximum Gasteiger partial charge on any atom is 0.305 e. The summed E-state index contributed by atoms with van der Waals surface area (Å²) in [6, 6.07) is 0. The molecule has 5 heteroatoms. The van der Waals surface area contributed by atoms with Gasteiger partial charge >= 0.3 is 5.97 Å². The SMILES string of the molecule is COC(=O)CCCN(C)C(=O)C(C)(N)C1CC1. The lowest BCUT2D eigenvalue weighted by atomic mass is 9.95. The molecule has 17 heavy (non-hydrogen) atoms. The molecule has 0 aromatic heterocycles. The van der Waals surface area contributed by atoms with Gasteiger partial charge in [0.25, 0.3) is 0 Å². The van der Waals surface area contributed by atoms with E-state index < -0.39 is 5.54 Å². The van der Waals surface area contributed by atoms with E-state index in [2.05, 4.69) is 4.74 Å². The summed E-state index contributed by atoms with van der Waals surface area (Å²) in [7, 11) is 3.09. The molecule has 0 radical (unpaired) electrons. The van der Waals surface area contributed by atoms with Crippen molar-refractivity contribution in [2.45, 2.75) is 38.1 Å². The first kappa shape index (κ1) is 14.0. The van der Waals surface area contributed by atoms with Gasteiger partial charge in [0.15, 0.2) is 0 Å². The van der Waals surface area contributed by atoms with Crippen molar-refractivity contribution in [3.63, 3.8) is 0 Å². The van der Waals surface area contributed by atoms with E-state index in [9.17, 15) is 9.59 Å². The van der Waals surface area contributed by atoms with Gasteiger partial charge in [-0.2, -0.15) is 0 Å². The number of amides is 1. The van der Waals surface area contributed by atoms with E-state index in [0.29, 0.717) is 25.3 Å². The first-order valence-electron chi connectivity index (χ1n) is 6.01. The Bertz CT molecular complexity index is 298. The highest BCUT2D eigenvalue weighted by atomic mass is 16.5. The molecule has 0 spiro atoms. The molecular weight excluding hydrogens is 220 g/mol. The van der Waals surface area contributed by atoms with Gasteiger partial charge in [-0.05, 0) is 32.1 Å². The highest BCUT2D eigenvalue weighted by Gasteiger charge is 2.45.